The van der Waals surface area contributed by atoms with E-state index in [0.717, 1.165) is 11.8 Å². The molecule has 0 bridgehead atoms. The van der Waals surface area contributed by atoms with E-state index < -0.39 is 0 Å². The van der Waals surface area contributed by atoms with Gasteiger partial charge in [-0.3, -0.25) is 4.79 Å². The first-order valence-corrected chi connectivity index (χ1v) is 6.25. The highest BCUT2D eigenvalue weighted by Crippen LogP contribution is 2.70. The number of carbonyl (C=O) groups is 1. The van der Waals surface area contributed by atoms with Gasteiger partial charge in [-0.15, -0.1) is 0 Å². The SMILES string of the molecule is CCOC(=O)CC1CCC2(C(C)C)CC12. The van der Waals surface area contributed by atoms with Crippen molar-refractivity contribution < 1.29 is 9.53 Å². The highest BCUT2D eigenvalue weighted by atomic mass is 16.5. The molecule has 2 nitrogen and oxygen atoms in total. The monoisotopic (exact) mass is 210 g/mol. The summed E-state index contributed by atoms with van der Waals surface area (Å²) in [5.74, 6) is 2.23. The molecule has 2 rings (SSSR count). The summed E-state index contributed by atoms with van der Waals surface area (Å²) in [7, 11) is 0. The van der Waals surface area contributed by atoms with Gasteiger partial charge in [-0.2, -0.15) is 0 Å². The predicted molar refractivity (Wildman–Crippen MR) is 59.4 cm³/mol. The number of ether oxygens (including phenoxy) is 1. The molecule has 0 heterocycles. The fourth-order valence-corrected chi connectivity index (χ4v) is 3.56. The van der Waals surface area contributed by atoms with Gasteiger partial charge in [-0.1, -0.05) is 13.8 Å². The first-order chi connectivity index (χ1) is 7.10. The Hall–Kier alpha value is -0.530. The molecule has 0 aromatic carbocycles. The molecule has 0 amide bonds. The van der Waals surface area contributed by atoms with Crippen molar-refractivity contribution in [1.82, 2.24) is 0 Å². The quantitative estimate of drug-likeness (QED) is 0.667. The van der Waals surface area contributed by atoms with Crippen LogP contribution in [0.1, 0.15) is 46.5 Å². The van der Waals surface area contributed by atoms with E-state index in [-0.39, 0.29) is 5.97 Å². The molecule has 2 fully saturated rings. The van der Waals surface area contributed by atoms with E-state index in [9.17, 15) is 4.79 Å². The lowest BCUT2D eigenvalue weighted by Gasteiger charge is -2.15. The molecular formula is C13H22O2. The lowest BCUT2D eigenvalue weighted by molar-refractivity contribution is -0.144. The second-order valence-corrected chi connectivity index (χ2v) is 5.51. The molecule has 0 aliphatic heterocycles. The summed E-state index contributed by atoms with van der Waals surface area (Å²) < 4.78 is 5.03. The fourth-order valence-electron chi connectivity index (χ4n) is 3.56. The summed E-state index contributed by atoms with van der Waals surface area (Å²) >= 11 is 0. The maximum atomic E-state index is 11.4. The van der Waals surface area contributed by atoms with Crippen molar-refractivity contribution in [2.45, 2.75) is 46.5 Å². The van der Waals surface area contributed by atoms with Gasteiger partial charge in [-0.25, -0.2) is 0 Å². The summed E-state index contributed by atoms with van der Waals surface area (Å²) in [5.41, 5.74) is 0.608. The third kappa shape index (κ3) is 1.79. The average Bonchev–Trinajstić information content (AvgIpc) is 2.81. The van der Waals surface area contributed by atoms with E-state index in [1.165, 1.54) is 19.3 Å². The van der Waals surface area contributed by atoms with Crippen LogP contribution in [0.25, 0.3) is 0 Å². The van der Waals surface area contributed by atoms with Crippen molar-refractivity contribution in [1.29, 1.82) is 0 Å². The normalized spacial score (nSPS) is 37.9. The summed E-state index contributed by atoms with van der Waals surface area (Å²) in [6.07, 6.45) is 4.59. The Kier molecular flexibility index (Phi) is 2.78. The van der Waals surface area contributed by atoms with E-state index in [1.807, 2.05) is 6.92 Å². The molecule has 0 aromatic rings. The van der Waals surface area contributed by atoms with Gasteiger partial charge in [0.25, 0.3) is 0 Å². The molecule has 0 N–H and O–H groups in total. The van der Waals surface area contributed by atoms with Crippen molar-refractivity contribution in [3.8, 4) is 0 Å². The molecule has 0 saturated heterocycles. The average molecular weight is 210 g/mol. The van der Waals surface area contributed by atoms with Crippen LogP contribution in [0, 0.1) is 23.2 Å². The number of fused-ring (bicyclic) bond motifs is 1. The first kappa shape index (κ1) is 11.0. The highest BCUT2D eigenvalue weighted by Gasteiger charge is 2.62. The molecule has 15 heavy (non-hydrogen) atoms. The molecule has 2 aliphatic carbocycles. The Morgan fingerprint density at radius 3 is 2.73 bits per heavy atom. The predicted octanol–water partition coefficient (Wildman–Crippen LogP) is 3.01. The number of hydrogen-bond acceptors (Lipinski definition) is 2. The molecule has 3 unspecified atom stereocenters. The summed E-state index contributed by atoms with van der Waals surface area (Å²) in [6.45, 7) is 7.05. The zero-order valence-electron chi connectivity index (χ0n) is 10.1. The molecule has 0 radical (unpaired) electrons. The molecule has 3 atom stereocenters. The van der Waals surface area contributed by atoms with Crippen LogP contribution in [0.15, 0.2) is 0 Å². The highest BCUT2D eigenvalue weighted by molar-refractivity contribution is 5.69. The number of rotatable bonds is 4. The minimum atomic E-state index is 0.00829. The Bertz CT molecular complexity index is 259. The van der Waals surface area contributed by atoms with E-state index in [0.29, 0.717) is 24.4 Å². The smallest absolute Gasteiger partial charge is 0.306 e. The Labute approximate surface area is 92.4 Å². The number of esters is 1. The minimum absolute atomic E-state index is 0.00829. The van der Waals surface area contributed by atoms with Crippen LogP contribution in [-0.2, 0) is 9.53 Å². The molecular weight excluding hydrogens is 188 g/mol. The minimum Gasteiger partial charge on any atom is -0.466 e. The van der Waals surface area contributed by atoms with Crippen molar-refractivity contribution in [3.05, 3.63) is 0 Å². The van der Waals surface area contributed by atoms with Gasteiger partial charge in [0.05, 0.1) is 6.61 Å². The van der Waals surface area contributed by atoms with Gasteiger partial charge in [0.1, 0.15) is 0 Å². The van der Waals surface area contributed by atoms with Crippen molar-refractivity contribution in [3.63, 3.8) is 0 Å². The second-order valence-electron chi connectivity index (χ2n) is 5.51. The van der Waals surface area contributed by atoms with Crippen LogP contribution in [0.4, 0.5) is 0 Å². The first-order valence-electron chi connectivity index (χ1n) is 6.25. The number of carbonyl (C=O) groups excluding carboxylic acids is 1. The van der Waals surface area contributed by atoms with Gasteiger partial charge in [0.15, 0.2) is 0 Å². The maximum absolute atomic E-state index is 11.4. The van der Waals surface area contributed by atoms with E-state index in [4.69, 9.17) is 4.74 Å². The Balaban J connectivity index is 1.86. The second kappa shape index (κ2) is 3.80. The molecule has 2 saturated carbocycles. The molecule has 86 valence electrons. The van der Waals surface area contributed by atoms with Crippen LogP contribution in [0.5, 0.6) is 0 Å². The summed E-state index contributed by atoms with van der Waals surface area (Å²) in [5, 5.41) is 0. The molecule has 2 aliphatic rings. The van der Waals surface area contributed by atoms with Crippen molar-refractivity contribution >= 4 is 5.97 Å². The van der Waals surface area contributed by atoms with Crippen LogP contribution in [-0.4, -0.2) is 12.6 Å². The topological polar surface area (TPSA) is 26.3 Å². The van der Waals surface area contributed by atoms with Gasteiger partial charge in [0.2, 0.25) is 0 Å². The van der Waals surface area contributed by atoms with Gasteiger partial charge in [-0.05, 0) is 49.4 Å². The molecule has 0 aromatic heterocycles. The molecule has 0 spiro atoms. The van der Waals surface area contributed by atoms with E-state index >= 15 is 0 Å². The van der Waals surface area contributed by atoms with Crippen LogP contribution < -0.4 is 0 Å². The standard InChI is InChI=1S/C13H22O2/c1-4-15-12(14)7-10-5-6-13(9(2)3)8-11(10)13/h9-11H,4-8H2,1-3H3. The Morgan fingerprint density at radius 2 is 2.27 bits per heavy atom. The van der Waals surface area contributed by atoms with Crippen LogP contribution in [0.3, 0.4) is 0 Å². The summed E-state index contributed by atoms with van der Waals surface area (Å²) in [4.78, 5) is 11.4. The van der Waals surface area contributed by atoms with Gasteiger partial charge >= 0.3 is 5.97 Å². The lowest BCUT2D eigenvalue weighted by atomic mass is 9.90. The number of hydrogen-bond donors (Lipinski definition) is 0. The summed E-state index contributed by atoms with van der Waals surface area (Å²) in [6, 6.07) is 0. The zero-order chi connectivity index (χ0) is 11.1. The van der Waals surface area contributed by atoms with E-state index in [1.54, 1.807) is 0 Å². The van der Waals surface area contributed by atoms with Crippen LogP contribution in [0.2, 0.25) is 0 Å². The molecule has 2 heteroatoms. The third-order valence-corrected chi connectivity index (χ3v) is 4.61. The third-order valence-electron chi connectivity index (χ3n) is 4.61. The largest absolute Gasteiger partial charge is 0.466 e. The fraction of sp³-hybridized carbons (Fsp3) is 0.923. The van der Waals surface area contributed by atoms with Gasteiger partial charge in [0, 0.05) is 6.42 Å². The van der Waals surface area contributed by atoms with Crippen molar-refractivity contribution in [2.24, 2.45) is 23.2 Å². The lowest BCUT2D eigenvalue weighted by Crippen LogP contribution is -2.12. The van der Waals surface area contributed by atoms with E-state index in [2.05, 4.69) is 13.8 Å². The van der Waals surface area contributed by atoms with Crippen molar-refractivity contribution in [2.75, 3.05) is 6.61 Å². The van der Waals surface area contributed by atoms with Gasteiger partial charge < -0.3 is 4.74 Å². The maximum Gasteiger partial charge on any atom is 0.306 e. The van der Waals surface area contributed by atoms with Crippen LogP contribution >= 0.6 is 0 Å². The zero-order valence-corrected chi connectivity index (χ0v) is 10.1. The Morgan fingerprint density at radius 1 is 1.53 bits per heavy atom.